The van der Waals surface area contributed by atoms with Crippen molar-refractivity contribution in [3.05, 3.63) is 71.7 Å². The number of aryl methyl sites for hydroxylation is 3. The van der Waals surface area contributed by atoms with E-state index < -0.39 is 0 Å². The number of guanidine groups is 1. The first-order valence-corrected chi connectivity index (χ1v) is 8.02. The minimum Gasteiger partial charge on any atom is -0.310 e. The number of aliphatic imine (C=N–C) groups is 1. The van der Waals surface area contributed by atoms with Crippen LogP contribution < -0.4 is 10.6 Å². The van der Waals surface area contributed by atoms with Crippen LogP contribution in [-0.4, -0.2) is 20.9 Å². The first-order chi connectivity index (χ1) is 12.1. The summed E-state index contributed by atoms with van der Waals surface area (Å²) in [7, 11) is 0. The smallest absolute Gasteiger partial charge is 0.209 e. The highest BCUT2D eigenvalue weighted by molar-refractivity contribution is 6.03. The second-order valence-corrected chi connectivity index (χ2v) is 5.68. The molecule has 0 saturated heterocycles. The molecule has 0 saturated carbocycles. The van der Waals surface area contributed by atoms with E-state index in [1.54, 1.807) is 0 Å². The van der Waals surface area contributed by atoms with Crippen LogP contribution in [0.25, 0.3) is 0 Å². The number of nitrogens with one attached hydrogen (secondary N) is 2. The second kappa shape index (κ2) is 7.53. The van der Waals surface area contributed by atoms with Crippen molar-refractivity contribution in [1.82, 2.24) is 15.0 Å². The molecule has 3 heterocycles. The van der Waals surface area contributed by atoms with E-state index >= 15 is 0 Å². The highest BCUT2D eigenvalue weighted by Gasteiger charge is 2.05. The SMILES string of the molecule is Cc1cccc(N=C(Nc2cccc(C)n2)Nc2cccc(C)n2)n1. The Kier molecular flexibility index (Phi) is 4.99. The topological polar surface area (TPSA) is 75.1 Å². The van der Waals surface area contributed by atoms with Crippen molar-refractivity contribution in [3.8, 4) is 0 Å². The Hall–Kier alpha value is -3.28. The van der Waals surface area contributed by atoms with Crippen LogP contribution in [0.5, 0.6) is 0 Å². The zero-order valence-electron chi connectivity index (χ0n) is 14.5. The lowest BCUT2D eigenvalue weighted by Gasteiger charge is -2.12. The highest BCUT2D eigenvalue weighted by Crippen LogP contribution is 2.12. The molecule has 126 valence electrons. The van der Waals surface area contributed by atoms with E-state index in [1.165, 1.54) is 0 Å². The van der Waals surface area contributed by atoms with Crippen LogP contribution in [0.2, 0.25) is 0 Å². The van der Waals surface area contributed by atoms with Crippen LogP contribution in [-0.2, 0) is 0 Å². The van der Waals surface area contributed by atoms with E-state index in [-0.39, 0.29) is 0 Å². The molecule has 3 aromatic rings. The van der Waals surface area contributed by atoms with Crippen LogP contribution in [0.4, 0.5) is 17.5 Å². The molecule has 6 nitrogen and oxygen atoms in total. The van der Waals surface area contributed by atoms with Gasteiger partial charge in [0.25, 0.3) is 0 Å². The molecule has 0 aliphatic carbocycles. The molecule has 3 rings (SSSR count). The van der Waals surface area contributed by atoms with Crippen molar-refractivity contribution in [1.29, 1.82) is 0 Å². The zero-order valence-corrected chi connectivity index (χ0v) is 14.5. The summed E-state index contributed by atoms with van der Waals surface area (Å²) in [6, 6.07) is 17.3. The van der Waals surface area contributed by atoms with E-state index in [0.717, 1.165) is 17.1 Å². The quantitative estimate of drug-likeness (QED) is 0.560. The summed E-state index contributed by atoms with van der Waals surface area (Å²) in [6.45, 7) is 5.82. The lowest BCUT2D eigenvalue weighted by molar-refractivity contribution is 1.16. The summed E-state index contributed by atoms with van der Waals surface area (Å²) in [5.74, 6) is 2.52. The molecule has 0 atom stereocenters. The number of hydrogen-bond acceptors (Lipinski definition) is 4. The molecule has 0 radical (unpaired) electrons. The van der Waals surface area contributed by atoms with Gasteiger partial charge in [0.1, 0.15) is 11.6 Å². The third-order valence-corrected chi connectivity index (χ3v) is 3.37. The molecule has 0 bridgehead atoms. The van der Waals surface area contributed by atoms with E-state index in [1.807, 2.05) is 75.4 Å². The predicted molar refractivity (Wildman–Crippen MR) is 101 cm³/mol. The lowest BCUT2D eigenvalue weighted by Crippen LogP contribution is -2.23. The summed E-state index contributed by atoms with van der Waals surface area (Å²) >= 11 is 0. The van der Waals surface area contributed by atoms with Crippen LogP contribution >= 0.6 is 0 Å². The number of nitrogens with zero attached hydrogens (tertiary/aromatic N) is 4. The van der Waals surface area contributed by atoms with Crippen LogP contribution in [0.1, 0.15) is 17.1 Å². The normalized spacial score (nSPS) is 10.2. The maximum atomic E-state index is 4.57. The number of pyridine rings is 3. The third-order valence-electron chi connectivity index (χ3n) is 3.37. The number of hydrogen-bond donors (Lipinski definition) is 2. The fourth-order valence-corrected chi connectivity index (χ4v) is 2.26. The standard InChI is InChI=1S/C19H20N6/c1-13-7-4-10-16(20-13)23-19(24-17-11-5-8-14(2)21-17)25-18-12-6-9-15(3)22-18/h4-12H,1-3H3,(H2,20,21,22,23,24,25). The molecular weight excluding hydrogens is 312 g/mol. The van der Waals surface area contributed by atoms with Gasteiger partial charge in [-0.3, -0.25) is 0 Å². The Balaban J connectivity index is 1.92. The fourth-order valence-electron chi connectivity index (χ4n) is 2.26. The Morgan fingerprint density at radius 1 is 0.680 bits per heavy atom. The molecule has 0 spiro atoms. The fraction of sp³-hybridized carbons (Fsp3) is 0.158. The van der Waals surface area contributed by atoms with Crippen LogP contribution in [0, 0.1) is 20.8 Å². The lowest BCUT2D eigenvalue weighted by atomic mass is 10.3. The Morgan fingerprint density at radius 2 is 1.16 bits per heavy atom. The molecular formula is C19H20N6. The van der Waals surface area contributed by atoms with Crippen molar-refractivity contribution in [2.45, 2.75) is 20.8 Å². The average Bonchev–Trinajstić information content (AvgIpc) is 2.55. The number of rotatable bonds is 3. The molecule has 6 heteroatoms. The van der Waals surface area contributed by atoms with Gasteiger partial charge in [0.15, 0.2) is 5.82 Å². The number of aromatic nitrogens is 3. The average molecular weight is 332 g/mol. The largest absolute Gasteiger partial charge is 0.310 e. The van der Waals surface area contributed by atoms with Gasteiger partial charge in [0.2, 0.25) is 5.96 Å². The summed E-state index contributed by atoms with van der Waals surface area (Å²) < 4.78 is 0. The molecule has 3 aromatic heterocycles. The van der Waals surface area contributed by atoms with Gasteiger partial charge in [-0.25, -0.2) is 15.0 Å². The Bertz CT molecular complexity index is 854. The maximum absolute atomic E-state index is 4.57. The van der Waals surface area contributed by atoms with Gasteiger partial charge in [0.05, 0.1) is 0 Å². The number of anilines is 2. The zero-order chi connectivity index (χ0) is 17.6. The van der Waals surface area contributed by atoms with E-state index in [4.69, 9.17) is 0 Å². The summed E-state index contributed by atoms with van der Waals surface area (Å²) in [4.78, 5) is 17.9. The summed E-state index contributed by atoms with van der Waals surface area (Å²) in [5, 5.41) is 6.41. The van der Waals surface area contributed by atoms with Crippen molar-refractivity contribution in [2.75, 3.05) is 10.6 Å². The minimum atomic E-state index is 0.509. The van der Waals surface area contributed by atoms with Crippen molar-refractivity contribution >= 4 is 23.4 Å². The molecule has 0 aliphatic heterocycles. The second-order valence-electron chi connectivity index (χ2n) is 5.68. The van der Waals surface area contributed by atoms with Crippen molar-refractivity contribution in [2.24, 2.45) is 4.99 Å². The van der Waals surface area contributed by atoms with Gasteiger partial charge in [-0.15, -0.1) is 0 Å². The molecule has 25 heavy (non-hydrogen) atoms. The van der Waals surface area contributed by atoms with Crippen LogP contribution in [0.15, 0.2) is 59.6 Å². The Morgan fingerprint density at radius 3 is 1.64 bits per heavy atom. The molecule has 0 amide bonds. The summed E-state index contributed by atoms with van der Waals surface area (Å²) in [6.07, 6.45) is 0. The van der Waals surface area contributed by atoms with Gasteiger partial charge in [-0.1, -0.05) is 18.2 Å². The molecule has 0 fully saturated rings. The van der Waals surface area contributed by atoms with Gasteiger partial charge >= 0.3 is 0 Å². The molecule has 2 N–H and O–H groups in total. The van der Waals surface area contributed by atoms with E-state index in [2.05, 4.69) is 30.6 Å². The van der Waals surface area contributed by atoms with Gasteiger partial charge in [-0.2, -0.15) is 4.99 Å². The Labute approximate surface area is 147 Å². The van der Waals surface area contributed by atoms with Crippen molar-refractivity contribution in [3.63, 3.8) is 0 Å². The van der Waals surface area contributed by atoms with Crippen molar-refractivity contribution < 1.29 is 0 Å². The highest BCUT2D eigenvalue weighted by atomic mass is 15.2. The minimum absolute atomic E-state index is 0.509. The molecule has 0 unspecified atom stereocenters. The first kappa shape index (κ1) is 16.6. The first-order valence-electron chi connectivity index (χ1n) is 8.02. The summed E-state index contributed by atoms with van der Waals surface area (Å²) in [5.41, 5.74) is 2.75. The van der Waals surface area contributed by atoms with Gasteiger partial charge in [-0.05, 0) is 57.2 Å². The van der Waals surface area contributed by atoms with Gasteiger partial charge in [0, 0.05) is 17.1 Å². The predicted octanol–water partition coefficient (Wildman–Crippen LogP) is 4.01. The third kappa shape index (κ3) is 4.84. The van der Waals surface area contributed by atoms with E-state index in [9.17, 15) is 0 Å². The van der Waals surface area contributed by atoms with Crippen LogP contribution in [0.3, 0.4) is 0 Å². The molecule has 0 aromatic carbocycles. The molecule has 0 aliphatic rings. The maximum Gasteiger partial charge on any atom is 0.209 e. The van der Waals surface area contributed by atoms with Gasteiger partial charge < -0.3 is 10.6 Å². The monoisotopic (exact) mass is 332 g/mol. The van der Waals surface area contributed by atoms with E-state index in [0.29, 0.717) is 23.4 Å².